The molecule has 0 unspecified atom stereocenters. The molecule has 3 rings (SSSR count). The molecular formula is C21H17NO4. The average molecular weight is 347 g/mol. The second kappa shape index (κ2) is 7.53. The molecule has 0 aromatic heterocycles. The van der Waals surface area contributed by atoms with Crippen LogP contribution in [0.4, 0.5) is 5.69 Å². The van der Waals surface area contributed by atoms with Gasteiger partial charge >= 0.3 is 5.97 Å². The lowest BCUT2D eigenvalue weighted by atomic mass is 9.99. The Bertz CT molecular complexity index is 951. The molecule has 0 aliphatic rings. The Morgan fingerprint density at radius 1 is 0.885 bits per heavy atom. The number of hydrogen-bond acceptors (Lipinski definition) is 3. The largest absolute Gasteiger partial charge is 0.496 e. The zero-order valence-corrected chi connectivity index (χ0v) is 14.1. The van der Waals surface area contributed by atoms with E-state index in [9.17, 15) is 9.59 Å². The van der Waals surface area contributed by atoms with Crippen molar-refractivity contribution in [2.24, 2.45) is 0 Å². The molecule has 5 nitrogen and oxygen atoms in total. The van der Waals surface area contributed by atoms with Crippen LogP contribution in [0.3, 0.4) is 0 Å². The fourth-order valence-corrected chi connectivity index (χ4v) is 2.69. The Balaban J connectivity index is 1.91. The van der Waals surface area contributed by atoms with Crippen molar-refractivity contribution in [2.75, 3.05) is 12.4 Å². The number of anilines is 1. The van der Waals surface area contributed by atoms with Gasteiger partial charge in [-0.1, -0.05) is 48.5 Å². The number of carbonyl (C=O) groups is 2. The van der Waals surface area contributed by atoms with Gasteiger partial charge in [0.05, 0.1) is 7.11 Å². The Morgan fingerprint density at radius 3 is 2.27 bits per heavy atom. The zero-order valence-electron chi connectivity index (χ0n) is 14.1. The van der Waals surface area contributed by atoms with Crippen LogP contribution < -0.4 is 10.1 Å². The Kier molecular flexibility index (Phi) is 4.99. The van der Waals surface area contributed by atoms with Crippen LogP contribution in [0.2, 0.25) is 0 Å². The van der Waals surface area contributed by atoms with Crippen LogP contribution in [0, 0.1) is 0 Å². The van der Waals surface area contributed by atoms with Gasteiger partial charge in [0.25, 0.3) is 5.91 Å². The highest BCUT2D eigenvalue weighted by atomic mass is 16.5. The number of rotatable bonds is 5. The standard InChI is InChI=1S/C21H17NO4/c1-26-19-13-15(11-12-18(19)21(24)25)22-20(23)17-10-6-5-9-16(17)14-7-3-2-4-8-14/h2-13H,1H3,(H,22,23)(H,24,25). The summed E-state index contributed by atoms with van der Waals surface area (Å²) in [7, 11) is 1.39. The van der Waals surface area contributed by atoms with Gasteiger partial charge in [-0.05, 0) is 29.3 Å². The van der Waals surface area contributed by atoms with Gasteiger partial charge in [-0.3, -0.25) is 4.79 Å². The fraction of sp³-hybridized carbons (Fsp3) is 0.0476. The normalized spacial score (nSPS) is 10.2. The Morgan fingerprint density at radius 2 is 1.58 bits per heavy atom. The molecule has 0 bridgehead atoms. The number of methoxy groups -OCH3 is 1. The van der Waals surface area contributed by atoms with E-state index in [1.807, 2.05) is 42.5 Å². The molecule has 3 aromatic carbocycles. The monoisotopic (exact) mass is 347 g/mol. The molecule has 26 heavy (non-hydrogen) atoms. The third-order valence-corrected chi connectivity index (χ3v) is 3.95. The minimum Gasteiger partial charge on any atom is -0.496 e. The smallest absolute Gasteiger partial charge is 0.339 e. The van der Waals surface area contributed by atoms with E-state index in [0.717, 1.165) is 11.1 Å². The second-order valence-corrected chi connectivity index (χ2v) is 5.59. The predicted octanol–water partition coefficient (Wildman–Crippen LogP) is 4.31. The Labute approximate surface area is 150 Å². The summed E-state index contributed by atoms with van der Waals surface area (Å²) in [6.07, 6.45) is 0. The molecule has 0 aliphatic carbocycles. The summed E-state index contributed by atoms with van der Waals surface area (Å²) in [6, 6.07) is 21.4. The molecule has 0 heterocycles. The molecule has 0 aliphatic heterocycles. The highest BCUT2D eigenvalue weighted by molar-refractivity contribution is 6.09. The lowest BCUT2D eigenvalue weighted by Gasteiger charge is -2.12. The summed E-state index contributed by atoms with van der Waals surface area (Å²) < 4.78 is 5.10. The summed E-state index contributed by atoms with van der Waals surface area (Å²) in [5.41, 5.74) is 2.78. The van der Waals surface area contributed by atoms with Gasteiger partial charge in [0, 0.05) is 17.3 Å². The lowest BCUT2D eigenvalue weighted by Crippen LogP contribution is -2.13. The first-order valence-electron chi connectivity index (χ1n) is 7.97. The van der Waals surface area contributed by atoms with Gasteiger partial charge in [0.1, 0.15) is 11.3 Å². The highest BCUT2D eigenvalue weighted by Gasteiger charge is 2.15. The summed E-state index contributed by atoms with van der Waals surface area (Å²) in [5.74, 6) is -1.18. The molecule has 1 amide bonds. The van der Waals surface area contributed by atoms with E-state index >= 15 is 0 Å². The van der Waals surface area contributed by atoms with Crippen molar-refractivity contribution in [2.45, 2.75) is 0 Å². The van der Waals surface area contributed by atoms with Gasteiger partial charge in [-0.2, -0.15) is 0 Å². The molecule has 0 saturated carbocycles. The van der Waals surface area contributed by atoms with Crippen LogP contribution in [0.15, 0.2) is 72.8 Å². The number of benzene rings is 3. The second-order valence-electron chi connectivity index (χ2n) is 5.59. The maximum Gasteiger partial charge on any atom is 0.339 e. The first-order valence-corrected chi connectivity index (χ1v) is 7.97. The van der Waals surface area contributed by atoms with Crippen LogP contribution in [0.25, 0.3) is 11.1 Å². The van der Waals surface area contributed by atoms with Crippen LogP contribution in [-0.2, 0) is 0 Å². The summed E-state index contributed by atoms with van der Waals surface area (Å²) in [4.78, 5) is 23.9. The molecular weight excluding hydrogens is 330 g/mol. The number of carboxylic acid groups (broad SMARTS) is 1. The summed E-state index contributed by atoms with van der Waals surface area (Å²) in [5, 5.41) is 11.9. The van der Waals surface area contributed by atoms with E-state index in [-0.39, 0.29) is 17.2 Å². The van der Waals surface area contributed by atoms with Gasteiger partial charge < -0.3 is 15.2 Å². The minimum absolute atomic E-state index is 0.0372. The molecule has 0 atom stereocenters. The van der Waals surface area contributed by atoms with Gasteiger partial charge in [-0.15, -0.1) is 0 Å². The van der Waals surface area contributed by atoms with Crippen molar-refractivity contribution in [1.29, 1.82) is 0 Å². The highest BCUT2D eigenvalue weighted by Crippen LogP contribution is 2.26. The van der Waals surface area contributed by atoms with Crippen LogP contribution in [0.1, 0.15) is 20.7 Å². The lowest BCUT2D eigenvalue weighted by molar-refractivity contribution is 0.0693. The summed E-state index contributed by atoms with van der Waals surface area (Å²) >= 11 is 0. The van der Waals surface area contributed by atoms with Crippen LogP contribution in [-0.4, -0.2) is 24.1 Å². The van der Waals surface area contributed by atoms with Gasteiger partial charge in [0.15, 0.2) is 0 Å². The van der Waals surface area contributed by atoms with Crippen molar-refractivity contribution in [1.82, 2.24) is 0 Å². The number of hydrogen-bond donors (Lipinski definition) is 2. The van der Waals surface area contributed by atoms with Crippen LogP contribution in [0.5, 0.6) is 5.75 Å². The van der Waals surface area contributed by atoms with Gasteiger partial charge in [0.2, 0.25) is 0 Å². The van der Waals surface area contributed by atoms with E-state index in [1.54, 1.807) is 12.1 Å². The number of ether oxygens (including phenoxy) is 1. The SMILES string of the molecule is COc1cc(NC(=O)c2ccccc2-c2ccccc2)ccc1C(=O)O. The molecule has 5 heteroatoms. The molecule has 130 valence electrons. The maximum atomic E-state index is 12.8. The van der Waals surface area contributed by atoms with Crippen molar-refractivity contribution in [3.05, 3.63) is 83.9 Å². The summed E-state index contributed by atoms with van der Waals surface area (Å²) in [6.45, 7) is 0. The quantitative estimate of drug-likeness (QED) is 0.721. The average Bonchev–Trinajstić information content (AvgIpc) is 2.68. The number of carboxylic acids is 1. The van der Waals surface area contributed by atoms with Gasteiger partial charge in [-0.25, -0.2) is 4.79 Å². The first-order chi connectivity index (χ1) is 12.6. The van der Waals surface area contributed by atoms with E-state index in [4.69, 9.17) is 9.84 Å². The molecule has 2 N–H and O–H groups in total. The topological polar surface area (TPSA) is 75.6 Å². The first kappa shape index (κ1) is 17.2. The molecule has 0 saturated heterocycles. The Hall–Kier alpha value is -3.60. The third kappa shape index (κ3) is 3.57. The van der Waals surface area contributed by atoms with Crippen molar-refractivity contribution >= 4 is 17.6 Å². The molecule has 0 fully saturated rings. The van der Waals surface area contributed by atoms with E-state index in [2.05, 4.69) is 5.32 Å². The van der Waals surface area contributed by atoms with E-state index < -0.39 is 5.97 Å². The number of nitrogens with one attached hydrogen (secondary N) is 1. The number of amides is 1. The van der Waals surface area contributed by atoms with E-state index in [1.165, 1.54) is 25.3 Å². The fourth-order valence-electron chi connectivity index (χ4n) is 2.69. The molecule has 0 radical (unpaired) electrons. The molecule has 3 aromatic rings. The number of carbonyl (C=O) groups excluding carboxylic acids is 1. The minimum atomic E-state index is -1.09. The maximum absolute atomic E-state index is 12.8. The van der Waals surface area contributed by atoms with Crippen molar-refractivity contribution < 1.29 is 19.4 Å². The predicted molar refractivity (Wildman–Crippen MR) is 99.8 cm³/mol. The van der Waals surface area contributed by atoms with Crippen molar-refractivity contribution in [3.63, 3.8) is 0 Å². The number of aromatic carboxylic acids is 1. The van der Waals surface area contributed by atoms with Crippen molar-refractivity contribution in [3.8, 4) is 16.9 Å². The molecule has 0 spiro atoms. The third-order valence-electron chi connectivity index (χ3n) is 3.95. The zero-order chi connectivity index (χ0) is 18.5. The van der Waals surface area contributed by atoms with E-state index in [0.29, 0.717) is 11.3 Å². The van der Waals surface area contributed by atoms with Crippen LogP contribution >= 0.6 is 0 Å².